The van der Waals surface area contributed by atoms with Gasteiger partial charge in [0.05, 0.1) is 5.69 Å². The Balaban J connectivity index is 0.00000192. The van der Waals surface area contributed by atoms with Crippen LogP contribution in [0, 0.1) is 0 Å². The number of carbonyl (C=O) groups is 2. The molecule has 23 heavy (non-hydrogen) atoms. The van der Waals surface area contributed by atoms with Gasteiger partial charge in [-0.2, -0.15) is 0 Å². The summed E-state index contributed by atoms with van der Waals surface area (Å²) in [5, 5.41) is 0. The van der Waals surface area contributed by atoms with Gasteiger partial charge in [-0.15, -0.1) is 12.4 Å². The first-order chi connectivity index (χ1) is 10.6. The standard InChI is InChI=1S/C16H21N3O3.ClH/c17-12-5-8-18(9-6-12)15(20)7-10-19-13-3-1-2-4-14(13)22-11-16(19)21;/h1-4,12H,5-11,17H2;1H. The third-order valence-electron chi connectivity index (χ3n) is 4.25. The minimum Gasteiger partial charge on any atom is -0.482 e. The number of nitrogens with two attached hydrogens (primary N) is 1. The lowest BCUT2D eigenvalue weighted by Gasteiger charge is -2.32. The van der Waals surface area contributed by atoms with E-state index in [1.807, 2.05) is 29.2 Å². The molecule has 0 saturated carbocycles. The van der Waals surface area contributed by atoms with Crippen LogP contribution in [0.15, 0.2) is 24.3 Å². The predicted molar refractivity (Wildman–Crippen MR) is 89.9 cm³/mol. The first kappa shape index (κ1) is 17.6. The molecule has 126 valence electrons. The number of halogens is 1. The van der Waals surface area contributed by atoms with Crippen LogP contribution >= 0.6 is 12.4 Å². The number of likely N-dealkylation sites (tertiary alicyclic amines) is 1. The van der Waals surface area contributed by atoms with Crippen molar-refractivity contribution in [2.75, 3.05) is 31.1 Å². The first-order valence-corrected chi connectivity index (χ1v) is 7.70. The lowest BCUT2D eigenvalue weighted by Crippen LogP contribution is -2.45. The van der Waals surface area contributed by atoms with Gasteiger partial charge in [0.15, 0.2) is 6.61 Å². The van der Waals surface area contributed by atoms with Gasteiger partial charge in [-0.3, -0.25) is 9.59 Å². The molecule has 0 spiro atoms. The van der Waals surface area contributed by atoms with Crippen LogP contribution in [0.5, 0.6) is 5.75 Å². The summed E-state index contributed by atoms with van der Waals surface area (Å²) >= 11 is 0. The molecule has 0 aliphatic carbocycles. The van der Waals surface area contributed by atoms with E-state index in [1.54, 1.807) is 4.90 Å². The molecule has 3 rings (SSSR count). The Labute approximate surface area is 142 Å². The Morgan fingerprint density at radius 2 is 1.96 bits per heavy atom. The lowest BCUT2D eigenvalue weighted by atomic mass is 10.1. The quantitative estimate of drug-likeness (QED) is 0.897. The maximum absolute atomic E-state index is 12.3. The molecule has 1 aromatic rings. The minimum atomic E-state index is -0.104. The summed E-state index contributed by atoms with van der Waals surface area (Å²) in [5.74, 6) is 0.675. The minimum absolute atomic E-state index is 0. The Kier molecular flexibility index (Phi) is 5.85. The maximum atomic E-state index is 12.3. The fourth-order valence-corrected chi connectivity index (χ4v) is 2.91. The Morgan fingerprint density at radius 1 is 1.26 bits per heavy atom. The average Bonchev–Trinajstić information content (AvgIpc) is 2.54. The molecule has 0 unspecified atom stereocenters. The number of hydrogen-bond donors (Lipinski definition) is 1. The third kappa shape index (κ3) is 3.95. The summed E-state index contributed by atoms with van der Waals surface area (Å²) < 4.78 is 5.40. The second kappa shape index (κ2) is 7.66. The van der Waals surface area contributed by atoms with Crippen molar-refractivity contribution in [3.63, 3.8) is 0 Å². The zero-order valence-electron chi connectivity index (χ0n) is 12.9. The van der Waals surface area contributed by atoms with Crippen molar-refractivity contribution < 1.29 is 14.3 Å². The number of amides is 2. The molecule has 1 aromatic carbocycles. The number of anilines is 1. The van der Waals surface area contributed by atoms with E-state index in [9.17, 15) is 9.59 Å². The molecule has 2 aliphatic rings. The van der Waals surface area contributed by atoms with E-state index >= 15 is 0 Å². The molecular weight excluding hydrogens is 318 g/mol. The monoisotopic (exact) mass is 339 g/mol. The first-order valence-electron chi connectivity index (χ1n) is 7.70. The van der Waals surface area contributed by atoms with Crippen LogP contribution in [-0.2, 0) is 9.59 Å². The van der Waals surface area contributed by atoms with E-state index in [1.165, 1.54) is 0 Å². The topological polar surface area (TPSA) is 75.9 Å². The number of ether oxygens (including phenoxy) is 1. The van der Waals surface area contributed by atoms with Gasteiger partial charge < -0.3 is 20.3 Å². The molecule has 0 atom stereocenters. The van der Waals surface area contributed by atoms with E-state index in [-0.39, 0.29) is 36.9 Å². The van der Waals surface area contributed by atoms with Crippen molar-refractivity contribution in [2.45, 2.75) is 25.3 Å². The second-order valence-corrected chi connectivity index (χ2v) is 5.77. The zero-order valence-corrected chi connectivity index (χ0v) is 13.8. The number of para-hydroxylation sites is 2. The van der Waals surface area contributed by atoms with Crippen LogP contribution in [0.25, 0.3) is 0 Å². The van der Waals surface area contributed by atoms with Gasteiger partial charge in [0.25, 0.3) is 5.91 Å². The summed E-state index contributed by atoms with van der Waals surface area (Å²) in [7, 11) is 0. The molecular formula is C16H22ClN3O3. The van der Waals surface area contributed by atoms with Crippen LogP contribution in [0.4, 0.5) is 5.69 Å². The molecule has 2 heterocycles. The van der Waals surface area contributed by atoms with E-state index in [4.69, 9.17) is 10.5 Å². The zero-order chi connectivity index (χ0) is 15.5. The summed E-state index contributed by atoms with van der Waals surface area (Å²) in [5.41, 5.74) is 6.60. The summed E-state index contributed by atoms with van der Waals surface area (Å²) in [6, 6.07) is 7.62. The van der Waals surface area contributed by atoms with Gasteiger partial charge in [-0.25, -0.2) is 0 Å². The number of rotatable bonds is 3. The molecule has 2 aliphatic heterocycles. The van der Waals surface area contributed by atoms with Gasteiger partial charge >= 0.3 is 0 Å². The van der Waals surface area contributed by atoms with E-state index < -0.39 is 0 Å². The van der Waals surface area contributed by atoms with E-state index in [0.29, 0.717) is 31.8 Å². The Hall–Kier alpha value is -1.79. The normalized spacial score (nSPS) is 18.0. The number of benzene rings is 1. The van der Waals surface area contributed by atoms with E-state index in [2.05, 4.69) is 0 Å². The molecule has 1 fully saturated rings. The van der Waals surface area contributed by atoms with Crippen LogP contribution < -0.4 is 15.4 Å². The van der Waals surface area contributed by atoms with Crippen molar-refractivity contribution in [2.24, 2.45) is 5.73 Å². The van der Waals surface area contributed by atoms with Crippen molar-refractivity contribution in [1.29, 1.82) is 0 Å². The molecule has 2 N–H and O–H groups in total. The molecule has 2 amide bonds. The predicted octanol–water partition coefficient (Wildman–Crippen LogP) is 1.17. The molecule has 0 radical (unpaired) electrons. The van der Waals surface area contributed by atoms with Crippen molar-refractivity contribution >= 4 is 29.9 Å². The van der Waals surface area contributed by atoms with E-state index in [0.717, 1.165) is 18.5 Å². The fraction of sp³-hybridized carbons (Fsp3) is 0.500. The Morgan fingerprint density at radius 3 is 2.70 bits per heavy atom. The van der Waals surface area contributed by atoms with Gasteiger partial charge in [0, 0.05) is 32.1 Å². The highest BCUT2D eigenvalue weighted by Crippen LogP contribution is 2.31. The van der Waals surface area contributed by atoms with Crippen molar-refractivity contribution in [1.82, 2.24) is 4.90 Å². The average molecular weight is 340 g/mol. The second-order valence-electron chi connectivity index (χ2n) is 5.77. The largest absolute Gasteiger partial charge is 0.482 e. The summed E-state index contributed by atoms with van der Waals surface area (Å²) in [4.78, 5) is 27.8. The number of fused-ring (bicyclic) bond motifs is 1. The summed E-state index contributed by atoms with van der Waals surface area (Å²) in [6.07, 6.45) is 2.03. The molecule has 0 aromatic heterocycles. The van der Waals surface area contributed by atoms with Crippen LogP contribution in [0.1, 0.15) is 19.3 Å². The highest BCUT2D eigenvalue weighted by Gasteiger charge is 2.27. The van der Waals surface area contributed by atoms with Crippen LogP contribution in [0.2, 0.25) is 0 Å². The summed E-state index contributed by atoms with van der Waals surface area (Å²) in [6.45, 7) is 1.85. The molecule has 0 bridgehead atoms. The molecule has 6 nitrogen and oxygen atoms in total. The number of nitrogens with zero attached hydrogens (tertiary/aromatic N) is 2. The smallest absolute Gasteiger partial charge is 0.265 e. The number of carbonyl (C=O) groups excluding carboxylic acids is 2. The van der Waals surface area contributed by atoms with Crippen LogP contribution in [-0.4, -0.2) is 49.0 Å². The van der Waals surface area contributed by atoms with Gasteiger partial charge in [0.2, 0.25) is 5.91 Å². The van der Waals surface area contributed by atoms with Crippen molar-refractivity contribution in [3.05, 3.63) is 24.3 Å². The number of piperidine rings is 1. The lowest BCUT2D eigenvalue weighted by molar-refractivity contribution is -0.132. The third-order valence-corrected chi connectivity index (χ3v) is 4.25. The van der Waals surface area contributed by atoms with Crippen LogP contribution in [0.3, 0.4) is 0 Å². The number of hydrogen-bond acceptors (Lipinski definition) is 4. The SMILES string of the molecule is Cl.NC1CCN(C(=O)CCN2C(=O)COc3ccccc32)CC1. The fourth-order valence-electron chi connectivity index (χ4n) is 2.91. The Bertz CT molecular complexity index is 573. The highest BCUT2D eigenvalue weighted by molar-refractivity contribution is 5.98. The van der Waals surface area contributed by atoms with Gasteiger partial charge in [-0.1, -0.05) is 12.1 Å². The maximum Gasteiger partial charge on any atom is 0.265 e. The molecule has 1 saturated heterocycles. The van der Waals surface area contributed by atoms with Crippen molar-refractivity contribution in [3.8, 4) is 5.75 Å². The highest BCUT2D eigenvalue weighted by atomic mass is 35.5. The molecule has 7 heteroatoms. The van der Waals surface area contributed by atoms with Gasteiger partial charge in [-0.05, 0) is 25.0 Å². The van der Waals surface area contributed by atoms with Gasteiger partial charge in [0.1, 0.15) is 5.75 Å².